The lowest BCUT2D eigenvalue weighted by molar-refractivity contribution is -0.646. The van der Waals surface area contributed by atoms with E-state index in [-0.39, 0.29) is 34.1 Å². The molecule has 2 fully saturated rings. The third-order valence-corrected chi connectivity index (χ3v) is 12.9. The fourth-order valence-electron chi connectivity index (χ4n) is 5.89. The van der Waals surface area contributed by atoms with E-state index in [1.807, 2.05) is 0 Å². The summed E-state index contributed by atoms with van der Waals surface area (Å²) in [5, 5.41) is 32.3. The number of phosphoric acid groups is 3. The third-order valence-electron chi connectivity index (χ3n) is 8.24. The van der Waals surface area contributed by atoms with Crippen LogP contribution >= 0.6 is 23.5 Å². The molecular formula is C24H35N9O18P3+. The average molecular weight is 831 g/mol. The number of phosphoric ester groups is 2. The summed E-state index contributed by atoms with van der Waals surface area (Å²) in [5.74, 6) is -0.0171. The minimum absolute atomic E-state index is 0.0262. The molecule has 4 aromatic rings. The number of hydrogen-bond acceptors (Lipinski definition) is 20. The van der Waals surface area contributed by atoms with Crippen LogP contribution in [0.2, 0.25) is 0 Å². The Morgan fingerprint density at radius 1 is 0.889 bits per heavy atom. The van der Waals surface area contributed by atoms with Gasteiger partial charge in [-0.15, -0.1) is 0 Å². The quantitative estimate of drug-likeness (QED) is 0.0480. The number of fused-ring (bicyclic) bond motifs is 2. The number of rotatable bonds is 14. The van der Waals surface area contributed by atoms with Gasteiger partial charge in [0.1, 0.15) is 42.4 Å². The van der Waals surface area contributed by atoms with E-state index in [1.165, 1.54) is 47.4 Å². The molecule has 54 heavy (non-hydrogen) atoms. The average Bonchev–Trinajstić information content (AvgIpc) is 3.80. The number of aryl methyl sites for hydroxylation is 2. The van der Waals surface area contributed by atoms with E-state index in [4.69, 9.17) is 29.0 Å². The van der Waals surface area contributed by atoms with E-state index in [2.05, 4.69) is 38.1 Å². The first-order valence-electron chi connectivity index (χ1n) is 15.4. The Balaban J connectivity index is 1.08. The number of aromatic nitrogens is 8. The molecule has 0 amide bonds. The van der Waals surface area contributed by atoms with Crippen LogP contribution in [0.4, 0.5) is 5.95 Å². The van der Waals surface area contributed by atoms with Crippen molar-refractivity contribution in [2.45, 2.75) is 56.0 Å². The summed E-state index contributed by atoms with van der Waals surface area (Å²) in [6, 6.07) is 0. The Labute approximate surface area is 301 Å². The zero-order chi connectivity index (χ0) is 39.5. The first kappa shape index (κ1) is 40.3. The Hall–Kier alpha value is -3.33. The lowest BCUT2D eigenvalue weighted by atomic mass is 10.1. The second-order valence-corrected chi connectivity index (χ2v) is 16.8. The number of aliphatic hydroxyl groups is 3. The monoisotopic (exact) mass is 830 g/mol. The number of nitrogen functional groups attached to an aromatic ring is 1. The van der Waals surface area contributed by atoms with Gasteiger partial charge in [0.25, 0.3) is 16.7 Å². The first-order chi connectivity index (χ1) is 25.3. The highest BCUT2D eigenvalue weighted by Crippen LogP contribution is 2.69. The number of nitrogens with zero attached hydrogens (tertiary/aromatic N) is 6. The number of aliphatic hydroxyl groups excluding tert-OH is 3. The molecule has 0 spiro atoms. The highest BCUT2D eigenvalue weighted by Gasteiger charge is 2.51. The number of ether oxygens (including phenoxy) is 3. The van der Waals surface area contributed by atoms with Crippen molar-refractivity contribution in [2.75, 3.05) is 33.2 Å². The van der Waals surface area contributed by atoms with Crippen LogP contribution in [-0.4, -0.2) is 123 Å². The van der Waals surface area contributed by atoms with Gasteiger partial charge in [0.15, 0.2) is 17.4 Å². The fourth-order valence-corrected chi connectivity index (χ4v) is 9.74. The largest absolute Gasteiger partial charge is 0.490 e. The van der Waals surface area contributed by atoms with E-state index in [9.17, 15) is 48.4 Å². The van der Waals surface area contributed by atoms with Crippen LogP contribution in [0.15, 0.2) is 22.2 Å². The maximum Gasteiger partial charge on any atom is 0.490 e. The van der Waals surface area contributed by atoms with Gasteiger partial charge in [0.2, 0.25) is 18.5 Å². The molecule has 5 unspecified atom stereocenters. The molecule has 2 aliphatic heterocycles. The minimum atomic E-state index is -5.86. The van der Waals surface area contributed by atoms with Crippen LogP contribution in [0.1, 0.15) is 18.3 Å². The van der Waals surface area contributed by atoms with Gasteiger partial charge >= 0.3 is 29.0 Å². The van der Waals surface area contributed by atoms with Crippen LogP contribution in [-0.2, 0) is 57.1 Å². The van der Waals surface area contributed by atoms with Gasteiger partial charge in [0, 0.05) is 14.2 Å². The van der Waals surface area contributed by atoms with E-state index in [0.717, 1.165) is 7.11 Å². The lowest BCUT2D eigenvalue weighted by Crippen LogP contribution is -2.35. The standard InChI is InChI=1S/C24H34N9O18P3/c1-9-27-18-12(20(37)28-9)26-7-32(18)23-16(36)17(44-3)11(49-23)6-46-52(39,40)50-53(41,42)51-54(43,45-4)47-5-10-14(34)15(35)22(48-10)33-8-31(2)13-19(33)29-24(25)30-21(13)38/h7-8,10-11,14-17,22-23,34-36H,5-6H2,1-4H3,(H5-,25,27,28,29,30,37,38,39,40,41,42)/p+1/t10-,11-,14?,15+,16+,17?,22-,23-,54?/m1/s1. The van der Waals surface area contributed by atoms with Crippen molar-refractivity contribution in [3.8, 4) is 0 Å². The number of nitrogens with two attached hydrogens (primary N) is 1. The summed E-state index contributed by atoms with van der Waals surface area (Å²) in [7, 11) is -13.2. The minimum Gasteiger partial charge on any atom is -0.387 e. The summed E-state index contributed by atoms with van der Waals surface area (Å²) >= 11 is 0. The summed E-state index contributed by atoms with van der Waals surface area (Å²) in [4.78, 5) is 62.1. The van der Waals surface area contributed by atoms with E-state index < -0.39 is 96.9 Å². The number of imidazole rings is 2. The first-order valence-corrected chi connectivity index (χ1v) is 19.8. The van der Waals surface area contributed by atoms with Crippen LogP contribution in [0.5, 0.6) is 0 Å². The predicted octanol–water partition coefficient (Wildman–Crippen LogP) is -2.51. The smallest absolute Gasteiger partial charge is 0.387 e. The van der Waals surface area contributed by atoms with Gasteiger partial charge in [-0.05, 0) is 6.92 Å². The van der Waals surface area contributed by atoms with Gasteiger partial charge in [0.05, 0.1) is 26.6 Å². The maximum atomic E-state index is 13.1. The van der Waals surface area contributed by atoms with Crippen LogP contribution < -0.4 is 21.4 Å². The molecule has 2 aliphatic rings. The van der Waals surface area contributed by atoms with Crippen molar-refractivity contribution in [3.63, 3.8) is 0 Å². The van der Waals surface area contributed by atoms with E-state index in [1.54, 1.807) is 0 Å². The Bertz CT molecular complexity index is 2310. The van der Waals surface area contributed by atoms with Crippen molar-refractivity contribution in [1.82, 2.24) is 34.1 Å². The molecule has 0 radical (unpaired) electrons. The topological polar surface area (TPSA) is 370 Å². The molecule has 6 heterocycles. The van der Waals surface area contributed by atoms with Gasteiger partial charge in [-0.3, -0.25) is 32.7 Å². The Morgan fingerprint density at radius 3 is 2.24 bits per heavy atom. The molecule has 6 rings (SSSR count). The molecule has 9 N–H and O–H groups in total. The van der Waals surface area contributed by atoms with Crippen LogP contribution in [0.3, 0.4) is 0 Å². The number of nitrogens with one attached hydrogen (secondary N) is 2. The van der Waals surface area contributed by atoms with Gasteiger partial charge in [-0.2, -0.15) is 18.2 Å². The number of methoxy groups -OCH3 is 1. The number of hydrogen-bond donors (Lipinski definition) is 8. The van der Waals surface area contributed by atoms with Crippen molar-refractivity contribution in [1.29, 1.82) is 0 Å². The number of aromatic amines is 2. The molecule has 2 saturated heterocycles. The molecule has 0 saturated carbocycles. The number of H-pyrrole nitrogens is 2. The second kappa shape index (κ2) is 15.0. The molecule has 298 valence electrons. The lowest BCUT2D eigenvalue weighted by Gasteiger charge is -2.23. The van der Waals surface area contributed by atoms with Gasteiger partial charge < -0.3 is 50.0 Å². The van der Waals surface area contributed by atoms with Crippen molar-refractivity contribution >= 4 is 51.7 Å². The van der Waals surface area contributed by atoms with E-state index >= 15 is 0 Å². The maximum absolute atomic E-state index is 13.1. The van der Waals surface area contributed by atoms with Crippen molar-refractivity contribution in [2.24, 2.45) is 7.05 Å². The normalized spacial score (nSPS) is 29.4. The Kier molecular flexibility index (Phi) is 11.2. The van der Waals surface area contributed by atoms with Gasteiger partial charge in [-0.25, -0.2) is 28.2 Å². The molecule has 0 aliphatic carbocycles. The molecule has 11 atom stereocenters. The zero-order valence-electron chi connectivity index (χ0n) is 28.3. The molecule has 27 nitrogen and oxygen atoms in total. The SMILES string of the molecule is COC1[C@@H](COP(=O)(O)OP(=O)(O)OP(=O)(OC)OC[C@H]2O[C@@H](n3c[n+](C)c4c(=O)[nH]c(N)nc43)[C@@H](O)C2O)O[C@@H](n2cnc3c(=O)[nH]c(C)nc32)[C@H]1O. The summed E-state index contributed by atoms with van der Waals surface area (Å²) in [6.07, 6.45) is -9.16. The highest BCUT2D eigenvalue weighted by atomic mass is 31.3. The second-order valence-electron chi connectivity index (χ2n) is 11.9. The van der Waals surface area contributed by atoms with Crippen LogP contribution in [0.25, 0.3) is 22.3 Å². The molecular weight excluding hydrogens is 795 g/mol. The summed E-state index contributed by atoms with van der Waals surface area (Å²) in [6.45, 7) is -0.309. The molecule has 30 heteroatoms. The summed E-state index contributed by atoms with van der Waals surface area (Å²) in [5.41, 5.74) is 4.48. The predicted molar refractivity (Wildman–Crippen MR) is 174 cm³/mol. The van der Waals surface area contributed by atoms with Crippen LogP contribution in [0, 0.1) is 6.92 Å². The van der Waals surface area contributed by atoms with Crippen molar-refractivity contribution in [3.05, 3.63) is 39.2 Å². The van der Waals surface area contributed by atoms with E-state index in [0.29, 0.717) is 0 Å². The molecule has 0 bridgehead atoms. The van der Waals surface area contributed by atoms with Crippen molar-refractivity contribution < 1.29 is 79.8 Å². The third kappa shape index (κ3) is 7.85. The summed E-state index contributed by atoms with van der Waals surface area (Å²) < 4.78 is 82.2. The molecule has 0 aromatic carbocycles. The zero-order valence-corrected chi connectivity index (χ0v) is 31.0. The van der Waals surface area contributed by atoms with Gasteiger partial charge in [-0.1, -0.05) is 0 Å². The fraction of sp³-hybridized carbons (Fsp3) is 0.583. The highest BCUT2D eigenvalue weighted by molar-refractivity contribution is 7.67. The molecule has 4 aromatic heterocycles. The Morgan fingerprint density at radius 2 is 1.56 bits per heavy atom. The number of anilines is 1.